The number of nitrogens with one attached hydrogen (secondary N) is 1. The van der Waals surface area contributed by atoms with Crippen LogP contribution in [0, 0.1) is 0 Å². The first-order chi connectivity index (χ1) is 15.3. The van der Waals surface area contributed by atoms with Gasteiger partial charge in [-0.25, -0.2) is 4.98 Å². The van der Waals surface area contributed by atoms with Crippen molar-refractivity contribution in [2.75, 3.05) is 31.2 Å². The Morgan fingerprint density at radius 1 is 1.16 bits per heavy atom. The van der Waals surface area contributed by atoms with E-state index in [1.165, 1.54) is 0 Å². The SMILES string of the molecule is O=C(NC1CCC(Oc2nc(N3CCOCC3)cc3nccn23)CC1)c1cccnn1. The Labute approximate surface area is 179 Å². The zero-order valence-electron chi connectivity index (χ0n) is 17.2. The molecule has 3 aromatic rings. The van der Waals surface area contributed by atoms with Crippen molar-refractivity contribution in [3.8, 4) is 6.01 Å². The lowest BCUT2D eigenvalue weighted by molar-refractivity contribution is 0.0878. The van der Waals surface area contributed by atoms with Crippen LogP contribution in [0.15, 0.2) is 36.8 Å². The molecule has 31 heavy (non-hydrogen) atoms. The Kier molecular flexibility index (Phi) is 5.61. The van der Waals surface area contributed by atoms with Crippen LogP contribution in [0.1, 0.15) is 36.2 Å². The molecule has 3 aromatic heterocycles. The summed E-state index contributed by atoms with van der Waals surface area (Å²) in [4.78, 5) is 23.7. The summed E-state index contributed by atoms with van der Waals surface area (Å²) < 4.78 is 13.6. The maximum Gasteiger partial charge on any atom is 0.304 e. The smallest absolute Gasteiger partial charge is 0.304 e. The molecule has 1 saturated heterocycles. The van der Waals surface area contributed by atoms with Crippen molar-refractivity contribution < 1.29 is 14.3 Å². The summed E-state index contributed by atoms with van der Waals surface area (Å²) in [5.74, 6) is 0.680. The molecule has 0 spiro atoms. The molecule has 5 rings (SSSR count). The first-order valence-electron chi connectivity index (χ1n) is 10.7. The van der Waals surface area contributed by atoms with E-state index in [-0.39, 0.29) is 18.1 Å². The predicted molar refractivity (Wildman–Crippen MR) is 112 cm³/mol. The number of amides is 1. The summed E-state index contributed by atoms with van der Waals surface area (Å²) in [5, 5.41) is 10.7. The molecule has 2 aliphatic rings. The van der Waals surface area contributed by atoms with Crippen LogP contribution in [-0.4, -0.2) is 68.9 Å². The van der Waals surface area contributed by atoms with Crippen LogP contribution in [0.25, 0.3) is 5.65 Å². The third kappa shape index (κ3) is 4.43. The molecule has 4 heterocycles. The van der Waals surface area contributed by atoms with Gasteiger partial charge in [-0.1, -0.05) is 0 Å². The van der Waals surface area contributed by atoms with Crippen molar-refractivity contribution in [3.63, 3.8) is 0 Å². The number of rotatable bonds is 5. The molecule has 0 atom stereocenters. The summed E-state index contributed by atoms with van der Waals surface area (Å²) in [7, 11) is 0. The maximum absolute atomic E-state index is 12.3. The van der Waals surface area contributed by atoms with E-state index in [0.29, 0.717) is 24.9 Å². The second-order valence-corrected chi connectivity index (χ2v) is 7.83. The van der Waals surface area contributed by atoms with Gasteiger partial charge in [0.15, 0.2) is 5.69 Å². The van der Waals surface area contributed by atoms with E-state index in [2.05, 4.69) is 25.4 Å². The Bertz CT molecular complexity index is 1030. The van der Waals surface area contributed by atoms with Gasteiger partial charge in [0.05, 0.1) is 13.2 Å². The summed E-state index contributed by atoms with van der Waals surface area (Å²) in [6, 6.07) is 6.03. The summed E-state index contributed by atoms with van der Waals surface area (Å²) in [5.41, 5.74) is 1.16. The number of fused-ring (bicyclic) bond motifs is 1. The van der Waals surface area contributed by atoms with Gasteiger partial charge in [-0.05, 0) is 37.8 Å². The molecule has 0 radical (unpaired) electrons. The molecule has 162 valence electrons. The van der Waals surface area contributed by atoms with Gasteiger partial charge in [0.2, 0.25) is 0 Å². The third-order valence-electron chi connectivity index (χ3n) is 5.77. The van der Waals surface area contributed by atoms with Gasteiger partial charge in [0.25, 0.3) is 5.91 Å². The average molecular weight is 423 g/mol. The molecule has 10 heteroatoms. The molecular weight excluding hydrogens is 398 g/mol. The van der Waals surface area contributed by atoms with Crippen molar-refractivity contribution >= 4 is 17.4 Å². The van der Waals surface area contributed by atoms with Crippen LogP contribution in [0.4, 0.5) is 5.82 Å². The van der Waals surface area contributed by atoms with E-state index in [1.54, 1.807) is 24.5 Å². The van der Waals surface area contributed by atoms with Gasteiger partial charge in [-0.2, -0.15) is 10.1 Å². The van der Waals surface area contributed by atoms with Crippen LogP contribution in [-0.2, 0) is 4.74 Å². The number of morpholine rings is 1. The molecule has 0 bridgehead atoms. The van der Waals surface area contributed by atoms with E-state index < -0.39 is 0 Å². The normalized spacial score (nSPS) is 21.7. The van der Waals surface area contributed by atoms with Crippen LogP contribution in [0.2, 0.25) is 0 Å². The lowest BCUT2D eigenvalue weighted by atomic mass is 9.93. The quantitative estimate of drug-likeness (QED) is 0.658. The first kappa shape index (κ1) is 19.7. The van der Waals surface area contributed by atoms with Gasteiger partial charge in [0, 0.05) is 43.8 Å². The fourth-order valence-corrected chi connectivity index (χ4v) is 4.08. The molecule has 0 aromatic carbocycles. The Hall–Kier alpha value is -3.27. The molecular formula is C21H25N7O3. The minimum atomic E-state index is -0.183. The number of ether oxygens (including phenoxy) is 2. The predicted octanol–water partition coefficient (Wildman–Crippen LogP) is 1.48. The molecule has 10 nitrogen and oxygen atoms in total. The van der Waals surface area contributed by atoms with E-state index in [4.69, 9.17) is 14.5 Å². The summed E-state index contributed by atoms with van der Waals surface area (Å²) in [6.07, 6.45) is 8.58. The molecule has 1 amide bonds. The van der Waals surface area contributed by atoms with E-state index >= 15 is 0 Å². The number of imidazole rings is 1. The van der Waals surface area contributed by atoms with Gasteiger partial charge >= 0.3 is 6.01 Å². The molecule has 0 unspecified atom stereocenters. The lowest BCUT2D eigenvalue weighted by Gasteiger charge is -2.30. The van der Waals surface area contributed by atoms with E-state index in [1.807, 2.05) is 16.7 Å². The molecule has 1 aliphatic carbocycles. The topological polar surface area (TPSA) is 107 Å². The Balaban J connectivity index is 1.23. The number of carbonyl (C=O) groups excluding carboxylic acids is 1. The van der Waals surface area contributed by atoms with Crippen molar-refractivity contribution in [2.45, 2.75) is 37.8 Å². The van der Waals surface area contributed by atoms with Crippen molar-refractivity contribution in [3.05, 3.63) is 42.5 Å². The molecule has 1 saturated carbocycles. The lowest BCUT2D eigenvalue weighted by Crippen LogP contribution is -2.40. The molecule has 1 N–H and O–H groups in total. The highest BCUT2D eigenvalue weighted by atomic mass is 16.5. The number of anilines is 1. The van der Waals surface area contributed by atoms with Crippen LogP contribution >= 0.6 is 0 Å². The monoisotopic (exact) mass is 423 g/mol. The standard InChI is InChI=1S/C21H25N7O3/c29-20(17-2-1-7-23-26-17)24-15-3-5-16(6-4-15)31-21-25-19(27-10-12-30-13-11-27)14-18-22-8-9-28(18)21/h1-2,7-9,14-16H,3-6,10-13H2,(H,24,29). The number of hydrogen-bond donors (Lipinski definition) is 1. The second-order valence-electron chi connectivity index (χ2n) is 7.83. The van der Waals surface area contributed by atoms with Crippen molar-refractivity contribution in [1.29, 1.82) is 0 Å². The van der Waals surface area contributed by atoms with Crippen molar-refractivity contribution in [2.24, 2.45) is 0 Å². The highest BCUT2D eigenvalue weighted by Gasteiger charge is 2.26. The highest BCUT2D eigenvalue weighted by Crippen LogP contribution is 2.26. The number of aromatic nitrogens is 5. The summed E-state index contributed by atoms with van der Waals surface area (Å²) >= 11 is 0. The third-order valence-corrected chi connectivity index (χ3v) is 5.77. The second kappa shape index (κ2) is 8.84. The first-order valence-corrected chi connectivity index (χ1v) is 10.7. The molecule has 1 aliphatic heterocycles. The average Bonchev–Trinajstić information content (AvgIpc) is 3.31. The van der Waals surface area contributed by atoms with E-state index in [0.717, 1.165) is 50.2 Å². The number of nitrogens with zero attached hydrogens (tertiary/aromatic N) is 6. The van der Waals surface area contributed by atoms with Gasteiger partial charge in [-0.3, -0.25) is 9.20 Å². The van der Waals surface area contributed by atoms with Gasteiger partial charge < -0.3 is 19.7 Å². The Morgan fingerprint density at radius 3 is 2.77 bits per heavy atom. The van der Waals surface area contributed by atoms with Crippen molar-refractivity contribution in [1.82, 2.24) is 29.9 Å². The van der Waals surface area contributed by atoms with Crippen LogP contribution in [0.5, 0.6) is 6.01 Å². The fraction of sp³-hybridized carbons (Fsp3) is 0.476. The van der Waals surface area contributed by atoms with E-state index in [9.17, 15) is 4.79 Å². The maximum atomic E-state index is 12.3. The minimum Gasteiger partial charge on any atom is -0.461 e. The largest absolute Gasteiger partial charge is 0.461 e. The summed E-state index contributed by atoms with van der Waals surface area (Å²) in [6.45, 7) is 3.00. The Morgan fingerprint density at radius 2 is 2.00 bits per heavy atom. The van der Waals surface area contributed by atoms with Crippen LogP contribution < -0.4 is 15.0 Å². The number of carbonyl (C=O) groups is 1. The zero-order chi connectivity index (χ0) is 21.0. The van der Waals surface area contributed by atoms with Gasteiger partial charge in [-0.15, -0.1) is 5.10 Å². The van der Waals surface area contributed by atoms with Gasteiger partial charge in [0.1, 0.15) is 17.6 Å². The van der Waals surface area contributed by atoms with Crippen LogP contribution in [0.3, 0.4) is 0 Å². The fourth-order valence-electron chi connectivity index (χ4n) is 4.08. The minimum absolute atomic E-state index is 0.0442. The highest BCUT2D eigenvalue weighted by molar-refractivity contribution is 5.92. The molecule has 2 fully saturated rings. The number of hydrogen-bond acceptors (Lipinski definition) is 8. The zero-order valence-corrected chi connectivity index (χ0v) is 17.2.